The van der Waals surface area contributed by atoms with Gasteiger partial charge in [-0.05, 0) is 68.6 Å². The molecule has 0 aromatic heterocycles. The van der Waals surface area contributed by atoms with Crippen molar-refractivity contribution in [2.24, 2.45) is 29.1 Å². The van der Waals surface area contributed by atoms with E-state index in [4.69, 9.17) is 11.6 Å². The summed E-state index contributed by atoms with van der Waals surface area (Å²) in [6.07, 6.45) is 8.40. The molecule has 0 aromatic carbocycles. The first-order chi connectivity index (χ1) is 9.02. The second-order valence-corrected chi connectivity index (χ2v) is 7.87. The first kappa shape index (κ1) is 13.7. The largest absolute Gasteiger partial charge is 0.353 e. The van der Waals surface area contributed by atoms with E-state index in [1.165, 1.54) is 38.5 Å². The van der Waals surface area contributed by atoms with E-state index in [0.29, 0.717) is 17.3 Å². The Labute approximate surface area is 121 Å². The van der Waals surface area contributed by atoms with Crippen molar-refractivity contribution in [2.45, 2.75) is 58.4 Å². The Kier molecular flexibility index (Phi) is 3.57. The molecule has 0 aliphatic heterocycles. The third-order valence-electron chi connectivity index (χ3n) is 6.04. The van der Waals surface area contributed by atoms with Gasteiger partial charge in [-0.25, -0.2) is 0 Å². The molecule has 2 atom stereocenters. The first-order valence-corrected chi connectivity index (χ1v) is 8.42. The fourth-order valence-corrected chi connectivity index (χ4v) is 5.43. The lowest BCUT2D eigenvalue weighted by Gasteiger charge is -2.59. The van der Waals surface area contributed by atoms with Crippen molar-refractivity contribution in [3.8, 4) is 0 Å². The fourth-order valence-electron chi connectivity index (χ4n) is 5.29. The van der Waals surface area contributed by atoms with E-state index in [1.807, 2.05) is 6.92 Å². The topological polar surface area (TPSA) is 29.1 Å². The summed E-state index contributed by atoms with van der Waals surface area (Å²) in [5.41, 5.74) is 0.399. The molecule has 19 heavy (non-hydrogen) atoms. The zero-order chi connectivity index (χ0) is 13.6. The third kappa shape index (κ3) is 2.41. The number of amides is 1. The van der Waals surface area contributed by atoms with E-state index >= 15 is 0 Å². The molecule has 0 radical (unpaired) electrons. The number of hydrogen-bond donors (Lipinski definition) is 1. The van der Waals surface area contributed by atoms with Crippen LogP contribution in [0.1, 0.15) is 52.4 Å². The van der Waals surface area contributed by atoms with Crippen molar-refractivity contribution in [1.29, 1.82) is 0 Å². The predicted octanol–water partition coefficient (Wildman–Crippen LogP) is 3.58. The van der Waals surface area contributed by atoms with Crippen LogP contribution in [0.5, 0.6) is 0 Å². The Morgan fingerprint density at radius 1 is 1.16 bits per heavy atom. The number of nitrogens with one attached hydrogen (secondary N) is 1. The van der Waals surface area contributed by atoms with Crippen molar-refractivity contribution < 1.29 is 4.79 Å². The molecule has 1 amide bonds. The maximum Gasteiger partial charge on any atom is 0.224 e. The van der Waals surface area contributed by atoms with Crippen LogP contribution in [0.3, 0.4) is 0 Å². The minimum absolute atomic E-state index is 0.0713. The number of carbonyl (C=O) groups is 1. The maximum atomic E-state index is 12.1. The molecule has 3 heteroatoms. The highest BCUT2D eigenvalue weighted by Gasteiger charge is 2.53. The molecule has 108 valence electrons. The van der Waals surface area contributed by atoms with Crippen LogP contribution < -0.4 is 5.32 Å². The van der Waals surface area contributed by atoms with Crippen LogP contribution in [0.4, 0.5) is 0 Å². The normalized spacial score (nSPS) is 43.0. The molecule has 0 spiro atoms. The van der Waals surface area contributed by atoms with E-state index in [9.17, 15) is 4.79 Å². The zero-order valence-corrected chi connectivity index (χ0v) is 12.9. The van der Waals surface area contributed by atoms with Crippen LogP contribution in [0.25, 0.3) is 0 Å². The van der Waals surface area contributed by atoms with Gasteiger partial charge >= 0.3 is 0 Å². The predicted molar refractivity (Wildman–Crippen MR) is 78.1 cm³/mol. The van der Waals surface area contributed by atoms with Gasteiger partial charge in [0, 0.05) is 17.8 Å². The quantitative estimate of drug-likeness (QED) is 0.785. The summed E-state index contributed by atoms with van der Waals surface area (Å²) in [7, 11) is 0. The standard InChI is InChI=1S/C16H26ClNO/c1-10(9-17)15(19)18-11(2)16-6-12-3-13(7-16)5-14(4-12)8-16/h10-14H,3-9H2,1-2H3,(H,18,19). The lowest BCUT2D eigenvalue weighted by Crippen LogP contribution is -2.56. The highest BCUT2D eigenvalue weighted by Crippen LogP contribution is 2.61. The van der Waals surface area contributed by atoms with E-state index in [1.54, 1.807) is 0 Å². The number of halogens is 1. The Morgan fingerprint density at radius 2 is 1.63 bits per heavy atom. The Hall–Kier alpha value is -0.240. The lowest BCUT2D eigenvalue weighted by atomic mass is 9.48. The van der Waals surface area contributed by atoms with Crippen LogP contribution in [-0.4, -0.2) is 17.8 Å². The summed E-state index contributed by atoms with van der Waals surface area (Å²) in [4.78, 5) is 12.1. The molecule has 4 bridgehead atoms. The summed E-state index contributed by atoms with van der Waals surface area (Å²) < 4.78 is 0. The minimum atomic E-state index is -0.0713. The average molecular weight is 284 g/mol. The number of alkyl halides is 1. The fraction of sp³-hybridized carbons (Fsp3) is 0.938. The molecule has 4 fully saturated rings. The average Bonchev–Trinajstić information content (AvgIpc) is 2.36. The zero-order valence-electron chi connectivity index (χ0n) is 12.1. The Morgan fingerprint density at radius 3 is 2.05 bits per heavy atom. The highest BCUT2D eigenvalue weighted by atomic mass is 35.5. The maximum absolute atomic E-state index is 12.1. The van der Waals surface area contributed by atoms with Gasteiger partial charge in [-0.15, -0.1) is 11.6 Å². The molecule has 2 nitrogen and oxygen atoms in total. The second-order valence-electron chi connectivity index (χ2n) is 7.57. The van der Waals surface area contributed by atoms with Gasteiger partial charge in [-0.3, -0.25) is 4.79 Å². The van der Waals surface area contributed by atoms with Crippen molar-refractivity contribution in [1.82, 2.24) is 5.32 Å². The van der Waals surface area contributed by atoms with Crippen LogP contribution in [0.15, 0.2) is 0 Å². The van der Waals surface area contributed by atoms with Gasteiger partial charge in [0.2, 0.25) is 5.91 Å². The SMILES string of the molecule is CC(CCl)C(=O)NC(C)C12CC3CC(CC(C3)C1)C2. The summed E-state index contributed by atoms with van der Waals surface area (Å²) in [5, 5.41) is 3.26. The lowest BCUT2D eigenvalue weighted by molar-refractivity contribution is -0.128. The van der Waals surface area contributed by atoms with Gasteiger partial charge in [0.05, 0.1) is 0 Å². The van der Waals surface area contributed by atoms with Crippen LogP contribution in [-0.2, 0) is 4.79 Å². The van der Waals surface area contributed by atoms with Crippen LogP contribution >= 0.6 is 11.6 Å². The molecular formula is C16H26ClNO. The van der Waals surface area contributed by atoms with Gasteiger partial charge in [0.1, 0.15) is 0 Å². The van der Waals surface area contributed by atoms with Gasteiger partial charge in [0.25, 0.3) is 0 Å². The summed E-state index contributed by atoms with van der Waals surface area (Å²) >= 11 is 5.79. The first-order valence-electron chi connectivity index (χ1n) is 7.89. The van der Waals surface area contributed by atoms with Crippen molar-refractivity contribution in [2.75, 3.05) is 5.88 Å². The van der Waals surface area contributed by atoms with Crippen LogP contribution in [0.2, 0.25) is 0 Å². The van der Waals surface area contributed by atoms with Gasteiger partial charge < -0.3 is 5.32 Å². The molecule has 4 aliphatic rings. The van der Waals surface area contributed by atoms with Crippen molar-refractivity contribution >= 4 is 17.5 Å². The number of carbonyl (C=O) groups excluding carboxylic acids is 1. The molecule has 4 aliphatic carbocycles. The molecule has 0 saturated heterocycles. The minimum Gasteiger partial charge on any atom is -0.353 e. The molecule has 1 N–H and O–H groups in total. The molecule has 2 unspecified atom stereocenters. The second kappa shape index (κ2) is 4.95. The Balaban J connectivity index is 1.69. The summed E-state index contributed by atoms with van der Waals surface area (Å²) in [6, 6.07) is 0.319. The molecule has 4 rings (SSSR count). The smallest absolute Gasteiger partial charge is 0.224 e. The molecule has 4 saturated carbocycles. The van der Waals surface area contributed by atoms with Gasteiger partial charge in [-0.1, -0.05) is 6.92 Å². The van der Waals surface area contributed by atoms with Gasteiger partial charge in [0.15, 0.2) is 0 Å². The summed E-state index contributed by atoms with van der Waals surface area (Å²) in [6.45, 7) is 4.14. The van der Waals surface area contributed by atoms with E-state index in [0.717, 1.165) is 17.8 Å². The highest BCUT2D eigenvalue weighted by molar-refractivity contribution is 6.19. The van der Waals surface area contributed by atoms with E-state index in [-0.39, 0.29) is 11.8 Å². The monoisotopic (exact) mass is 283 g/mol. The van der Waals surface area contributed by atoms with Gasteiger partial charge in [-0.2, -0.15) is 0 Å². The van der Waals surface area contributed by atoms with Crippen molar-refractivity contribution in [3.63, 3.8) is 0 Å². The van der Waals surface area contributed by atoms with Crippen molar-refractivity contribution in [3.05, 3.63) is 0 Å². The van der Waals surface area contributed by atoms with E-state index in [2.05, 4.69) is 12.2 Å². The molecular weight excluding hydrogens is 258 g/mol. The third-order valence-corrected chi connectivity index (χ3v) is 6.50. The number of rotatable bonds is 4. The molecule has 0 aromatic rings. The number of hydrogen-bond acceptors (Lipinski definition) is 1. The molecule has 0 heterocycles. The Bertz CT molecular complexity index is 332. The van der Waals surface area contributed by atoms with Crippen LogP contribution in [0, 0.1) is 29.1 Å². The summed E-state index contributed by atoms with van der Waals surface area (Å²) in [5.74, 6) is 3.30. The van der Waals surface area contributed by atoms with E-state index < -0.39 is 0 Å².